The van der Waals surface area contributed by atoms with Crippen LogP contribution in [0.1, 0.15) is 67.4 Å². The van der Waals surface area contributed by atoms with E-state index in [9.17, 15) is 4.79 Å². The molecule has 0 radical (unpaired) electrons. The maximum atomic E-state index is 13.2. The van der Waals surface area contributed by atoms with E-state index in [1.807, 2.05) is 18.2 Å². The van der Waals surface area contributed by atoms with Crippen molar-refractivity contribution in [3.8, 4) is 0 Å². The van der Waals surface area contributed by atoms with E-state index in [1.165, 1.54) is 16.7 Å². The standard InChI is InChI=1S/C30H37NO3/c1-22-11-13-24(14-12-22)25(28-10-7-18-34-28)15-17-31-29(32)20-26(23-8-5-4-6-9-23)27-16-19-33-21-30(27,2)3/h4-14,18,25-27H,15-17,19-21H2,1-3H3,(H,31,32). The second kappa shape index (κ2) is 11.1. The Labute approximate surface area is 203 Å². The van der Waals surface area contributed by atoms with Crippen molar-refractivity contribution in [1.82, 2.24) is 5.32 Å². The van der Waals surface area contributed by atoms with Gasteiger partial charge in [0.25, 0.3) is 0 Å². The number of hydrogen-bond donors (Lipinski definition) is 1. The largest absolute Gasteiger partial charge is 0.469 e. The van der Waals surface area contributed by atoms with Crippen LogP contribution in [0.5, 0.6) is 0 Å². The number of carbonyl (C=O) groups excluding carboxylic acids is 1. The Bertz CT molecular complexity index is 1020. The van der Waals surface area contributed by atoms with Gasteiger partial charge < -0.3 is 14.5 Å². The van der Waals surface area contributed by atoms with Crippen LogP contribution in [0.2, 0.25) is 0 Å². The third-order valence-electron chi connectivity index (χ3n) is 7.29. The Kier molecular flexibility index (Phi) is 7.89. The maximum Gasteiger partial charge on any atom is 0.220 e. The average molecular weight is 460 g/mol. The van der Waals surface area contributed by atoms with Gasteiger partial charge in [-0.3, -0.25) is 4.79 Å². The van der Waals surface area contributed by atoms with Crippen LogP contribution in [0.4, 0.5) is 0 Å². The topological polar surface area (TPSA) is 51.5 Å². The predicted octanol–water partition coefficient (Wildman–Crippen LogP) is 6.46. The molecule has 0 bridgehead atoms. The Hall–Kier alpha value is -2.85. The molecule has 1 aromatic heterocycles. The quantitative estimate of drug-likeness (QED) is 0.399. The fourth-order valence-corrected chi connectivity index (χ4v) is 5.37. The van der Waals surface area contributed by atoms with E-state index >= 15 is 0 Å². The van der Waals surface area contributed by atoms with E-state index in [2.05, 4.69) is 74.6 Å². The monoisotopic (exact) mass is 459 g/mol. The second-order valence-electron chi connectivity index (χ2n) is 10.3. The van der Waals surface area contributed by atoms with Crippen molar-refractivity contribution >= 4 is 5.91 Å². The molecule has 1 amide bonds. The highest BCUT2D eigenvalue weighted by Crippen LogP contribution is 2.44. The molecule has 1 aliphatic heterocycles. The summed E-state index contributed by atoms with van der Waals surface area (Å²) in [6.07, 6.45) is 3.98. The van der Waals surface area contributed by atoms with Crippen molar-refractivity contribution in [3.05, 3.63) is 95.4 Å². The lowest BCUT2D eigenvalue weighted by atomic mass is 9.66. The lowest BCUT2D eigenvalue weighted by molar-refractivity contribution is -0.122. The summed E-state index contributed by atoms with van der Waals surface area (Å²) in [6, 6.07) is 23.0. The van der Waals surface area contributed by atoms with Gasteiger partial charge >= 0.3 is 0 Å². The summed E-state index contributed by atoms with van der Waals surface area (Å²) in [6.45, 7) is 8.73. The van der Waals surface area contributed by atoms with Gasteiger partial charge in [0.15, 0.2) is 0 Å². The molecule has 1 N–H and O–H groups in total. The zero-order valence-electron chi connectivity index (χ0n) is 20.6. The minimum absolute atomic E-state index is 0.0366. The third kappa shape index (κ3) is 5.98. The summed E-state index contributed by atoms with van der Waals surface area (Å²) in [7, 11) is 0. The fourth-order valence-electron chi connectivity index (χ4n) is 5.37. The molecule has 2 aromatic carbocycles. The molecule has 2 heterocycles. The van der Waals surface area contributed by atoms with Crippen molar-refractivity contribution in [2.24, 2.45) is 11.3 Å². The number of ether oxygens (including phenoxy) is 1. The lowest BCUT2D eigenvalue weighted by Crippen LogP contribution is -2.40. The lowest BCUT2D eigenvalue weighted by Gasteiger charge is -2.43. The number of carbonyl (C=O) groups is 1. The van der Waals surface area contributed by atoms with Crippen molar-refractivity contribution in [2.45, 2.75) is 51.9 Å². The highest BCUT2D eigenvalue weighted by molar-refractivity contribution is 5.77. The van der Waals surface area contributed by atoms with Crippen LogP contribution in [0.3, 0.4) is 0 Å². The average Bonchev–Trinajstić information content (AvgIpc) is 3.36. The fraction of sp³-hybridized carbons (Fsp3) is 0.433. The van der Waals surface area contributed by atoms with E-state index in [-0.39, 0.29) is 23.2 Å². The summed E-state index contributed by atoms with van der Waals surface area (Å²) in [4.78, 5) is 13.2. The smallest absolute Gasteiger partial charge is 0.220 e. The van der Waals surface area contributed by atoms with E-state index in [4.69, 9.17) is 9.15 Å². The van der Waals surface area contributed by atoms with Crippen molar-refractivity contribution in [2.75, 3.05) is 19.8 Å². The van der Waals surface area contributed by atoms with Gasteiger partial charge in [0.2, 0.25) is 5.91 Å². The zero-order valence-corrected chi connectivity index (χ0v) is 20.6. The molecule has 4 nitrogen and oxygen atoms in total. The van der Waals surface area contributed by atoms with Crippen LogP contribution in [-0.4, -0.2) is 25.7 Å². The zero-order chi connectivity index (χ0) is 24.0. The van der Waals surface area contributed by atoms with Gasteiger partial charge in [-0.1, -0.05) is 74.0 Å². The Morgan fingerprint density at radius 2 is 1.79 bits per heavy atom. The van der Waals surface area contributed by atoms with Crippen molar-refractivity contribution in [1.29, 1.82) is 0 Å². The van der Waals surface area contributed by atoms with Crippen LogP contribution in [-0.2, 0) is 9.53 Å². The Balaban J connectivity index is 1.42. The van der Waals surface area contributed by atoms with Crippen molar-refractivity contribution < 1.29 is 13.9 Å². The molecule has 1 fully saturated rings. The first-order valence-corrected chi connectivity index (χ1v) is 12.4. The second-order valence-corrected chi connectivity index (χ2v) is 10.3. The molecule has 3 unspecified atom stereocenters. The van der Waals surface area contributed by atoms with E-state index < -0.39 is 0 Å². The molecular weight excluding hydrogens is 422 g/mol. The Morgan fingerprint density at radius 1 is 1.03 bits per heavy atom. The van der Waals surface area contributed by atoms with Crippen LogP contribution in [0.15, 0.2) is 77.4 Å². The number of benzene rings is 2. The number of furan rings is 1. The number of aryl methyl sites for hydroxylation is 1. The third-order valence-corrected chi connectivity index (χ3v) is 7.29. The summed E-state index contributed by atoms with van der Waals surface area (Å²) in [5.74, 6) is 1.74. The molecule has 34 heavy (non-hydrogen) atoms. The summed E-state index contributed by atoms with van der Waals surface area (Å²) in [5, 5.41) is 3.21. The van der Waals surface area contributed by atoms with Gasteiger partial charge in [-0.05, 0) is 60.3 Å². The van der Waals surface area contributed by atoms with Crippen LogP contribution in [0.25, 0.3) is 0 Å². The van der Waals surface area contributed by atoms with E-state index in [0.29, 0.717) is 18.9 Å². The number of amides is 1. The van der Waals surface area contributed by atoms with Gasteiger partial charge in [-0.15, -0.1) is 0 Å². The van der Waals surface area contributed by atoms with Gasteiger partial charge in [0.1, 0.15) is 5.76 Å². The van der Waals surface area contributed by atoms with Crippen LogP contribution < -0.4 is 5.32 Å². The predicted molar refractivity (Wildman–Crippen MR) is 136 cm³/mol. The first-order chi connectivity index (χ1) is 16.4. The summed E-state index contributed by atoms with van der Waals surface area (Å²) in [5.41, 5.74) is 3.72. The number of rotatable bonds is 9. The number of hydrogen-bond acceptors (Lipinski definition) is 3. The molecule has 4 heteroatoms. The molecule has 1 aliphatic rings. The minimum Gasteiger partial charge on any atom is -0.469 e. The molecule has 0 saturated carbocycles. The van der Waals surface area contributed by atoms with Gasteiger partial charge in [0.05, 0.1) is 12.9 Å². The van der Waals surface area contributed by atoms with Gasteiger partial charge in [-0.2, -0.15) is 0 Å². The highest BCUT2D eigenvalue weighted by atomic mass is 16.5. The summed E-state index contributed by atoms with van der Waals surface area (Å²) < 4.78 is 11.5. The molecule has 1 saturated heterocycles. The van der Waals surface area contributed by atoms with E-state index in [1.54, 1.807) is 6.26 Å². The first kappa shape index (κ1) is 24.3. The number of nitrogens with one attached hydrogen (secondary N) is 1. The molecule has 0 spiro atoms. The van der Waals surface area contributed by atoms with Crippen LogP contribution >= 0.6 is 0 Å². The molecule has 4 rings (SSSR count). The SMILES string of the molecule is Cc1ccc(C(CCNC(=O)CC(c2ccccc2)C2CCOCC2(C)C)c2ccco2)cc1. The molecular formula is C30H37NO3. The molecule has 180 valence electrons. The van der Waals surface area contributed by atoms with Crippen LogP contribution in [0, 0.1) is 18.3 Å². The normalized spacial score (nSPS) is 19.3. The molecule has 3 atom stereocenters. The Morgan fingerprint density at radius 3 is 2.47 bits per heavy atom. The highest BCUT2D eigenvalue weighted by Gasteiger charge is 2.39. The van der Waals surface area contributed by atoms with Gasteiger partial charge in [-0.25, -0.2) is 0 Å². The van der Waals surface area contributed by atoms with E-state index in [0.717, 1.165) is 31.8 Å². The van der Waals surface area contributed by atoms with Crippen molar-refractivity contribution in [3.63, 3.8) is 0 Å². The van der Waals surface area contributed by atoms with Gasteiger partial charge in [0, 0.05) is 25.5 Å². The molecule has 0 aliphatic carbocycles. The summed E-state index contributed by atoms with van der Waals surface area (Å²) >= 11 is 0. The maximum absolute atomic E-state index is 13.2. The first-order valence-electron chi connectivity index (χ1n) is 12.4. The molecule has 3 aromatic rings. The minimum atomic E-state index is 0.0366.